The topological polar surface area (TPSA) is 375 Å². The number of aromatic amines is 3. The molecule has 9 N–H and O–H groups in total. The number of anilines is 3. The zero-order valence-corrected chi connectivity index (χ0v) is 49.9. The molecule has 12 rings (SSSR count). The van der Waals surface area contributed by atoms with Crippen molar-refractivity contribution in [3.63, 3.8) is 0 Å². The first-order chi connectivity index (χ1) is 41.3. The maximum Gasteiger partial charge on any atom is 0.349 e. The van der Waals surface area contributed by atoms with E-state index in [1.165, 1.54) is 54.6 Å². The molecule has 33 heteroatoms. The number of hydrogen-bond donors (Lipinski definition) is 6. The van der Waals surface area contributed by atoms with Crippen LogP contribution in [0.4, 0.5) is 17.5 Å². The number of nitrogen functional groups attached to an aromatic ring is 3. The van der Waals surface area contributed by atoms with Gasteiger partial charge in [0.15, 0.2) is 17.2 Å². The van der Waals surface area contributed by atoms with Crippen LogP contribution in [-0.2, 0) is 19.3 Å². The normalized spacial score (nSPS) is 15.3. The minimum absolute atomic E-state index is 0.0815. The van der Waals surface area contributed by atoms with E-state index in [2.05, 4.69) is 30.2 Å². The number of rotatable bonds is 9. The lowest BCUT2D eigenvalue weighted by Gasteiger charge is -2.15. The van der Waals surface area contributed by atoms with Crippen molar-refractivity contribution in [2.45, 2.75) is 77.4 Å². The second-order valence-corrected chi connectivity index (χ2v) is 22.4. The summed E-state index contributed by atoms with van der Waals surface area (Å²) in [6, 6.07) is 17.8. The summed E-state index contributed by atoms with van der Waals surface area (Å²) in [5.74, 6) is 0.817. The Labute approximate surface area is 516 Å². The maximum absolute atomic E-state index is 12.1. The fraction of sp³-hybridized carbons (Fsp3) is 0.222. The zero-order chi connectivity index (χ0) is 62.6. The van der Waals surface area contributed by atoms with Crippen LogP contribution in [0.2, 0.25) is 30.1 Å². The zero-order valence-electron chi connectivity index (χ0n) is 45.3. The van der Waals surface area contributed by atoms with Crippen molar-refractivity contribution in [2.24, 2.45) is 0 Å². The van der Waals surface area contributed by atoms with Crippen LogP contribution in [0.25, 0.3) is 17.1 Å². The number of nitrogens with one attached hydrogen (secondary N) is 3. The van der Waals surface area contributed by atoms with Gasteiger partial charge in [-0.3, -0.25) is 43.7 Å². The standard InChI is InChI=1S/3C18H15Cl2N5O4/c3*1-8-2-3-12-13(4-5-14(26)24(8)12)29-15-10(19)6-9(7-11(15)20)25-18(28)22-17(27)16(21)23-25/h3*4-8H,2-3H2,1H3,(H2,21,23)(H,22,27,28)/t2*8-;/m10./s1. The van der Waals surface area contributed by atoms with Gasteiger partial charge in [-0.25, -0.2) is 14.4 Å². The SMILES string of the molecule is CC1CCc2c(Oc3c(Cl)cc(-n4nc(N)c(=O)[nH]c4=O)cc3Cl)ccc(=O)n21.C[C@@H]1CCc2c(Oc3c(Cl)cc(-n4nc(N)c(=O)[nH]c4=O)cc3Cl)ccc(=O)n21.C[C@H]1CCc2c(Oc3c(Cl)cc(-n4nc(N)c(=O)[nH]c4=O)cc3Cl)ccc(=O)n21. The summed E-state index contributed by atoms with van der Waals surface area (Å²) < 4.78 is 25.5. The average molecular weight is 1310 g/mol. The van der Waals surface area contributed by atoms with Crippen molar-refractivity contribution in [1.29, 1.82) is 0 Å². The van der Waals surface area contributed by atoms with Crippen molar-refractivity contribution < 1.29 is 14.2 Å². The Balaban J connectivity index is 0.000000144. The first-order valence-corrected chi connectivity index (χ1v) is 28.3. The van der Waals surface area contributed by atoms with Crippen LogP contribution < -0.4 is 81.8 Å². The molecule has 1 unspecified atom stereocenters. The van der Waals surface area contributed by atoms with Gasteiger partial charge in [-0.15, -0.1) is 15.3 Å². The van der Waals surface area contributed by atoms with E-state index in [4.69, 9.17) is 101 Å². The van der Waals surface area contributed by atoms with Crippen molar-refractivity contribution >= 4 is 87.1 Å². The van der Waals surface area contributed by atoms with E-state index < -0.39 is 33.7 Å². The Bertz CT molecular complexity index is 4340. The Morgan fingerprint density at radius 3 is 0.862 bits per heavy atom. The molecule has 9 aromatic rings. The molecule has 0 spiro atoms. The number of nitrogens with zero attached hydrogens (tertiary/aromatic N) is 9. The molecule has 450 valence electrons. The van der Waals surface area contributed by atoms with Gasteiger partial charge in [0, 0.05) is 36.3 Å². The van der Waals surface area contributed by atoms with Gasteiger partial charge in [0.25, 0.3) is 33.4 Å². The number of benzene rings is 3. The Morgan fingerprint density at radius 2 is 0.632 bits per heavy atom. The molecule has 27 nitrogen and oxygen atoms in total. The molecule has 9 heterocycles. The fourth-order valence-electron chi connectivity index (χ4n) is 10.0. The van der Waals surface area contributed by atoms with Crippen LogP contribution in [0.3, 0.4) is 0 Å². The molecule has 0 amide bonds. The lowest BCUT2D eigenvalue weighted by molar-refractivity contribution is 0.466. The van der Waals surface area contributed by atoms with Crippen LogP contribution in [0.5, 0.6) is 34.5 Å². The first-order valence-electron chi connectivity index (χ1n) is 26.0. The van der Waals surface area contributed by atoms with E-state index in [1.807, 2.05) is 20.8 Å². The van der Waals surface area contributed by atoms with Crippen molar-refractivity contribution in [1.82, 2.24) is 58.0 Å². The molecule has 3 aliphatic rings. The van der Waals surface area contributed by atoms with E-state index in [0.29, 0.717) is 36.5 Å². The minimum atomic E-state index is -0.792. The Hall–Kier alpha value is -9.12. The second-order valence-electron chi connectivity index (χ2n) is 19.9. The molecule has 0 radical (unpaired) electrons. The van der Waals surface area contributed by atoms with E-state index in [1.54, 1.807) is 31.9 Å². The molecule has 0 saturated carbocycles. The van der Waals surface area contributed by atoms with E-state index in [9.17, 15) is 43.2 Å². The summed E-state index contributed by atoms with van der Waals surface area (Å²) in [7, 11) is 0. The molecule has 0 bridgehead atoms. The van der Waals surface area contributed by atoms with Crippen LogP contribution in [-0.4, -0.2) is 58.0 Å². The molecule has 6 aromatic heterocycles. The lowest BCUT2D eigenvalue weighted by Crippen LogP contribution is -2.33. The highest BCUT2D eigenvalue weighted by atomic mass is 35.5. The lowest BCUT2D eigenvalue weighted by atomic mass is 10.2. The summed E-state index contributed by atoms with van der Waals surface area (Å²) in [6.45, 7) is 5.91. The van der Waals surface area contributed by atoms with Gasteiger partial charge in [-0.2, -0.15) is 14.0 Å². The summed E-state index contributed by atoms with van der Waals surface area (Å²) in [6.07, 6.45) is 4.57. The number of nitrogens with two attached hydrogens (primary N) is 3. The van der Waals surface area contributed by atoms with Crippen molar-refractivity contribution in [3.8, 4) is 51.6 Å². The first kappa shape index (κ1) is 61.0. The predicted molar refractivity (Wildman–Crippen MR) is 326 cm³/mol. The quantitative estimate of drug-likeness (QED) is 0.0863. The maximum atomic E-state index is 12.1. The Morgan fingerprint density at radius 1 is 0.402 bits per heavy atom. The Kier molecular flexibility index (Phi) is 17.1. The van der Waals surface area contributed by atoms with E-state index in [-0.39, 0.29) is 117 Å². The van der Waals surface area contributed by atoms with Gasteiger partial charge in [0.2, 0.25) is 17.5 Å². The van der Waals surface area contributed by atoms with Crippen LogP contribution in [0.15, 0.2) is 116 Å². The molecule has 3 aromatic carbocycles. The minimum Gasteiger partial charge on any atom is -0.452 e. The number of H-pyrrole nitrogens is 3. The molecular formula is C54H45Cl6N15O12. The molecule has 3 aliphatic heterocycles. The summed E-state index contributed by atoms with van der Waals surface area (Å²) in [5.41, 5.74) is 14.3. The molecule has 3 atom stereocenters. The monoisotopic (exact) mass is 1310 g/mol. The van der Waals surface area contributed by atoms with Gasteiger partial charge >= 0.3 is 17.1 Å². The fourth-order valence-corrected chi connectivity index (χ4v) is 11.7. The summed E-state index contributed by atoms with van der Waals surface area (Å²) in [5, 5.41) is 11.9. The average Bonchev–Trinajstić information content (AvgIpc) is 2.32. The van der Waals surface area contributed by atoms with Gasteiger partial charge in [-0.05, 0) is 114 Å². The predicted octanol–water partition coefficient (Wildman–Crippen LogP) is 6.81. The van der Waals surface area contributed by atoms with E-state index in [0.717, 1.165) is 50.4 Å². The number of fused-ring (bicyclic) bond motifs is 3. The highest BCUT2D eigenvalue weighted by Gasteiger charge is 2.28. The third-order valence-electron chi connectivity index (χ3n) is 14.2. The molecular weight excluding hydrogens is 1260 g/mol. The van der Waals surface area contributed by atoms with Gasteiger partial charge < -0.3 is 45.1 Å². The number of hydrogen-bond acceptors (Lipinski definition) is 18. The highest BCUT2D eigenvalue weighted by Crippen LogP contribution is 2.44. The van der Waals surface area contributed by atoms with Gasteiger partial charge in [0.1, 0.15) is 17.2 Å². The van der Waals surface area contributed by atoms with Crippen LogP contribution in [0.1, 0.15) is 75.2 Å². The molecule has 0 fully saturated rings. The van der Waals surface area contributed by atoms with Crippen molar-refractivity contribution in [2.75, 3.05) is 17.2 Å². The third-order valence-corrected chi connectivity index (χ3v) is 15.9. The number of halogens is 6. The van der Waals surface area contributed by atoms with Gasteiger partial charge in [0.05, 0.1) is 64.3 Å². The van der Waals surface area contributed by atoms with Crippen LogP contribution in [0, 0.1) is 0 Å². The third kappa shape index (κ3) is 12.1. The molecule has 87 heavy (non-hydrogen) atoms. The summed E-state index contributed by atoms with van der Waals surface area (Å²) >= 11 is 38.1. The van der Waals surface area contributed by atoms with Crippen molar-refractivity contribution in [3.05, 3.63) is 214 Å². The second kappa shape index (κ2) is 24.3. The van der Waals surface area contributed by atoms with Gasteiger partial charge in [-0.1, -0.05) is 69.6 Å². The number of pyridine rings is 3. The molecule has 0 aliphatic carbocycles. The number of aromatic nitrogens is 12. The highest BCUT2D eigenvalue weighted by molar-refractivity contribution is 6.38. The summed E-state index contributed by atoms with van der Waals surface area (Å²) in [4.78, 5) is 113. The largest absolute Gasteiger partial charge is 0.452 e. The smallest absolute Gasteiger partial charge is 0.349 e. The molecule has 0 saturated heterocycles. The number of ether oxygens (including phenoxy) is 3. The van der Waals surface area contributed by atoms with Crippen LogP contribution >= 0.6 is 69.6 Å². The van der Waals surface area contributed by atoms with E-state index >= 15 is 0 Å².